The summed E-state index contributed by atoms with van der Waals surface area (Å²) in [7, 11) is 1.40. The normalized spacial score (nSPS) is 21.4. The first-order chi connectivity index (χ1) is 18.4. The zero-order valence-corrected chi connectivity index (χ0v) is 21.4. The number of nitrogens with zero attached hydrogens (tertiary/aromatic N) is 5. The van der Waals surface area contributed by atoms with Crippen LogP contribution in [0.1, 0.15) is 12.8 Å². The summed E-state index contributed by atoms with van der Waals surface area (Å²) in [4.78, 5) is 29.5. The third-order valence-corrected chi connectivity index (χ3v) is 8.41. The standard InChI is InChI=1S/C25H25F2N7O3S/c1-36-25-31-19-16(22(32-25)34-12-6-29-7-13(34)10-37-9-12)23(35)33(8-11-2-3-11)20(17(19)27)14-4-5-15(26)21-18(14)30-24(28)38-21/h4-5,11-13,29H,2-3,6-10H2,1H3,(H2,28,30). The quantitative estimate of drug-likeness (QED) is 0.393. The van der Waals surface area contributed by atoms with E-state index in [1.807, 2.05) is 4.90 Å². The lowest BCUT2D eigenvalue weighted by atomic mass is 10.0. The number of piperazine rings is 1. The van der Waals surface area contributed by atoms with Crippen LogP contribution in [-0.4, -0.2) is 65.0 Å². The van der Waals surface area contributed by atoms with Gasteiger partial charge in [0, 0.05) is 25.2 Å². The van der Waals surface area contributed by atoms with Crippen molar-refractivity contribution in [3.8, 4) is 17.3 Å². The van der Waals surface area contributed by atoms with Crippen molar-refractivity contribution in [3.05, 3.63) is 34.1 Å². The van der Waals surface area contributed by atoms with E-state index in [-0.39, 0.29) is 61.5 Å². The molecule has 2 aliphatic heterocycles. The van der Waals surface area contributed by atoms with Gasteiger partial charge < -0.3 is 30.0 Å². The Morgan fingerprint density at radius 1 is 1.16 bits per heavy atom. The van der Waals surface area contributed by atoms with Crippen molar-refractivity contribution in [3.63, 3.8) is 0 Å². The van der Waals surface area contributed by atoms with Gasteiger partial charge in [0.25, 0.3) is 5.56 Å². The summed E-state index contributed by atoms with van der Waals surface area (Å²) in [5.41, 5.74) is 5.87. The fraction of sp³-hybridized carbons (Fsp3) is 0.440. The average molecular weight is 542 g/mol. The number of ether oxygens (including phenoxy) is 2. The molecular formula is C25H25F2N7O3S. The zero-order valence-electron chi connectivity index (χ0n) is 20.5. The van der Waals surface area contributed by atoms with E-state index in [0.29, 0.717) is 38.7 Å². The van der Waals surface area contributed by atoms with Gasteiger partial charge in [-0.25, -0.2) is 13.8 Å². The van der Waals surface area contributed by atoms with Crippen molar-refractivity contribution in [2.24, 2.45) is 5.92 Å². The van der Waals surface area contributed by atoms with Crippen molar-refractivity contribution in [1.82, 2.24) is 24.8 Å². The van der Waals surface area contributed by atoms with Crippen LogP contribution >= 0.6 is 11.3 Å². The first-order valence-electron chi connectivity index (χ1n) is 12.5. The van der Waals surface area contributed by atoms with Crippen LogP contribution in [0.25, 0.3) is 32.4 Å². The van der Waals surface area contributed by atoms with Crippen LogP contribution in [0.4, 0.5) is 19.7 Å². The number of benzene rings is 1. The molecule has 10 nitrogen and oxygen atoms in total. The second-order valence-electron chi connectivity index (χ2n) is 10.0. The molecule has 1 aliphatic carbocycles. The van der Waals surface area contributed by atoms with Crippen molar-refractivity contribution < 1.29 is 18.3 Å². The Morgan fingerprint density at radius 2 is 1.92 bits per heavy atom. The number of nitrogens with one attached hydrogen (secondary N) is 1. The maximum atomic E-state index is 16.7. The second kappa shape index (κ2) is 8.82. The summed E-state index contributed by atoms with van der Waals surface area (Å²) in [5, 5.41) is 3.64. The molecule has 38 heavy (non-hydrogen) atoms. The molecule has 2 bridgehead atoms. The molecule has 3 N–H and O–H groups in total. The van der Waals surface area contributed by atoms with Gasteiger partial charge in [-0.2, -0.15) is 9.97 Å². The van der Waals surface area contributed by atoms with Crippen molar-refractivity contribution in [2.45, 2.75) is 31.5 Å². The van der Waals surface area contributed by atoms with Crippen LogP contribution < -0.4 is 26.2 Å². The summed E-state index contributed by atoms with van der Waals surface area (Å²) in [6.45, 7) is 2.50. The van der Waals surface area contributed by atoms with Crippen LogP contribution in [0.5, 0.6) is 6.01 Å². The van der Waals surface area contributed by atoms with Crippen LogP contribution in [0, 0.1) is 17.6 Å². The van der Waals surface area contributed by atoms with E-state index in [1.54, 1.807) is 0 Å². The van der Waals surface area contributed by atoms with Crippen LogP contribution in [0.2, 0.25) is 0 Å². The molecule has 7 rings (SSSR count). The molecule has 3 fully saturated rings. The van der Waals surface area contributed by atoms with Gasteiger partial charge >= 0.3 is 6.01 Å². The molecule has 0 radical (unpaired) electrons. The summed E-state index contributed by atoms with van der Waals surface area (Å²) < 4.78 is 44.1. The molecule has 2 saturated heterocycles. The van der Waals surface area contributed by atoms with Gasteiger partial charge in [0.1, 0.15) is 22.5 Å². The Kier molecular flexibility index (Phi) is 5.49. The number of rotatable bonds is 5. The highest BCUT2D eigenvalue weighted by Crippen LogP contribution is 2.40. The Bertz CT molecular complexity index is 1630. The lowest BCUT2D eigenvalue weighted by Gasteiger charge is -2.46. The van der Waals surface area contributed by atoms with Crippen LogP contribution in [0.15, 0.2) is 16.9 Å². The number of anilines is 2. The Balaban J connectivity index is 1.56. The number of halogens is 2. The smallest absolute Gasteiger partial charge is 0.318 e. The molecule has 4 aromatic rings. The molecule has 198 valence electrons. The monoisotopic (exact) mass is 541 g/mol. The van der Waals surface area contributed by atoms with Crippen LogP contribution in [0.3, 0.4) is 0 Å². The Labute approximate surface area is 219 Å². The summed E-state index contributed by atoms with van der Waals surface area (Å²) in [6, 6.07) is 2.48. The lowest BCUT2D eigenvalue weighted by molar-refractivity contribution is 0.0523. The van der Waals surface area contributed by atoms with Crippen molar-refractivity contribution in [1.29, 1.82) is 0 Å². The number of hydrogen-bond acceptors (Lipinski definition) is 10. The summed E-state index contributed by atoms with van der Waals surface area (Å²) in [6.07, 6.45) is 1.89. The highest BCUT2D eigenvalue weighted by Gasteiger charge is 2.39. The fourth-order valence-electron chi connectivity index (χ4n) is 5.59. The lowest BCUT2D eigenvalue weighted by Crippen LogP contribution is -2.64. The predicted molar refractivity (Wildman–Crippen MR) is 140 cm³/mol. The van der Waals surface area contributed by atoms with E-state index in [9.17, 15) is 9.18 Å². The summed E-state index contributed by atoms with van der Waals surface area (Å²) >= 11 is 0.982. The van der Waals surface area contributed by atoms with E-state index in [1.165, 1.54) is 23.8 Å². The molecule has 13 heteroatoms. The maximum Gasteiger partial charge on any atom is 0.318 e. The minimum Gasteiger partial charge on any atom is -0.467 e. The molecule has 2 unspecified atom stereocenters. The third-order valence-electron chi connectivity index (χ3n) is 7.51. The van der Waals surface area contributed by atoms with Gasteiger partial charge in [-0.1, -0.05) is 11.3 Å². The minimum atomic E-state index is -0.710. The molecule has 2 atom stereocenters. The fourth-order valence-corrected chi connectivity index (χ4v) is 6.35. The van der Waals surface area contributed by atoms with Crippen LogP contribution in [-0.2, 0) is 11.3 Å². The van der Waals surface area contributed by atoms with E-state index in [2.05, 4.69) is 20.3 Å². The molecular weight excluding hydrogens is 516 g/mol. The second-order valence-corrected chi connectivity index (χ2v) is 11.0. The Hall–Kier alpha value is -3.42. The topological polar surface area (TPSA) is 120 Å². The van der Waals surface area contributed by atoms with Gasteiger partial charge in [-0.15, -0.1) is 0 Å². The maximum absolute atomic E-state index is 16.7. The number of fused-ring (bicyclic) bond motifs is 4. The van der Waals surface area contributed by atoms with E-state index >= 15 is 4.39 Å². The molecule has 0 amide bonds. The number of hydrogen-bond donors (Lipinski definition) is 2. The number of nitrogens with two attached hydrogens (primary N) is 1. The van der Waals surface area contributed by atoms with Gasteiger partial charge in [0.15, 0.2) is 10.9 Å². The SMILES string of the molecule is COc1nc(N2C3CNCC2COC3)c2c(=O)n(CC3CC3)c(-c3ccc(F)c4sc(N)nc34)c(F)c2n1. The van der Waals surface area contributed by atoms with Gasteiger partial charge in [-0.05, 0) is 30.9 Å². The number of methoxy groups -OCH3 is 1. The highest BCUT2D eigenvalue weighted by molar-refractivity contribution is 7.22. The first kappa shape index (κ1) is 23.7. The van der Waals surface area contributed by atoms with Gasteiger partial charge in [0.2, 0.25) is 0 Å². The number of nitrogen functional groups attached to an aromatic ring is 1. The van der Waals surface area contributed by atoms with Gasteiger partial charge in [0.05, 0.1) is 48.3 Å². The Morgan fingerprint density at radius 3 is 2.63 bits per heavy atom. The first-order valence-corrected chi connectivity index (χ1v) is 13.4. The average Bonchev–Trinajstić information content (AvgIpc) is 3.64. The molecule has 1 aromatic carbocycles. The van der Waals surface area contributed by atoms with Gasteiger partial charge in [-0.3, -0.25) is 4.79 Å². The van der Waals surface area contributed by atoms with E-state index in [0.717, 1.165) is 24.2 Å². The number of pyridine rings is 1. The molecule has 1 saturated carbocycles. The van der Waals surface area contributed by atoms with Crippen molar-refractivity contribution in [2.75, 3.05) is 44.0 Å². The van der Waals surface area contributed by atoms with E-state index < -0.39 is 17.2 Å². The number of thiazole rings is 1. The van der Waals surface area contributed by atoms with E-state index in [4.69, 9.17) is 15.2 Å². The largest absolute Gasteiger partial charge is 0.467 e. The predicted octanol–water partition coefficient (Wildman–Crippen LogP) is 2.52. The molecule has 0 spiro atoms. The number of aromatic nitrogens is 4. The summed E-state index contributed by atoms with van der Waals surface area (Å²) in [5.74, 6) is -0.629. The van der Waals surface area contributed by atoms with Crippen molar-refractivity contribution >= 4 is 43.4 Å². The third kappa shape index (κ3) is 3.63. The zero-order chi connectivity index (χ0) is 26.1. The molecule has 3 aromatic heterocycles. The minimum absolute atomic E-state index is 0.0141. The molecule has 5 heterocycles. The number of morpholine rings is 1. The molecule has 3 aliphatic rings. The highest BCUT2D eigenvalue weighted by atomic mass is 32.1.